The first-order valence-electron chi connectivity index (χ1n) is 17.3. The smallest absolute Gasteiger partial charge is 0.0641 e. The van der Waals surface area contributed by atoms with E-state index in [2.05, 4.69) is 191 Å². The molecule has 0 bridgehead atoms. The summed E-state index contributed by atoms with van der Waals surface area (Å²) in [6, 6.07) is 66.8. The lowest BCUT2D eigenvalue weighted by Gasteiger charge is -2.10. The topological polar surface area (TPSA) is 9.34 Å². The number of aromatic nitrogens is 2. The second-order valence-corrected chi connectivity index (χ2v) is 13.3. The Morgan fingerprint density at radius 1 is 0.260 bits per heavy atom. The van der Waals surface area contributed by atoms with Crippen LogP contribution in [0.3, 0.4) is 0 Å². The summed E-state index contributed by atoms with van der Waals surface area (Å²) >= 11 is 0. The van der Waals surface area contributed by atoms with Gasteiger partial charge in [0.2, 0.25) is 0 Å². The van der Waals surface area contributed by atoms with Crippen LogP contribution in [0.5, 0.6) is 0 Å². The van der Waals surface area contributed by atoms with Gasteiger partial charge in [-0.05, 0) is 63.0 Å². The number of fused-ring (bicyclic) bond motifs is 14. The minimum atomic E-state index is 1.15. The van der Waals surface area contributed by atoms with Gasteiger partial charge in [-0.25, -0.2) is 0 Å². The third-order valence-corrected chi connectivity index (χ3v) is 10.7. The van der Waals surface area contributed by atoms with Crippen LogP contribution in [0.1, 0.15) is 0 Å². The standard InChI is InChI=1S/C48H30N2/c1-2-13-31(14-3-1)32-25-27-33(28-26-32)49-43-23-10-9-20-39(43)41-29-30-45-46(48(41)49)42-22-12-21-40-37-18-7-5-16-35(37)34-15-4-6-17-36(34)38-19-8-11-24-44(38)50(45)47(40)42/h1-30H. The minimum absolute atomic E-state index is 1.15. The molecule has 2 nitrogen and oxygen atoms in total. The van der Waals surface area contributed by atoms with Crippen molar-refractivity contribution in [2.75, 3.05) is 0 Å². The van der Waals surface area contributed by atoms with Crippen LogP contribution in [-0.2, 0) is 0 Å². The summed E-state index contributed by atoms with van der Waals surface area (Å²) in [6.45, 7) is 0. The van der Waals surface area contributed by atoms with E-state index < -0.39 is 0 Å². The van der Waals surface area contributed by atoms with Crippen molar-refractivity contribution in [3.05, 3.63) is 182 Å². The number of hydrogen-bond acceptors (Lipinski definition) is 0. The maximum Gasteiger partial charge on any atom is 0.0641 e. The van der Waals surface area contributed by atoms with E-state index in [1.807, 2.05) is 0 Å². The highest BCUT2D eigenvalue weighted by molar-refractivity contribution is 6.31. The van der Waals surface area contributed by atoms with Gasteiger partial charge in [-0.15, -0.1) is 0 Å². The first kappa shape index (κ1) is 27.3. The minimum Gasteiger partial charge on any atom is -0.309 e. The predicted octanol–water partition coefficient (Wildman–Crippen LogP) is 13.0. The molecule has 0 aliphatic carbocycles. The Balaban J connectivity index is 1.39. The van der Waals surface area contributed by atoms with Crippen molar-refractivity contribution in [2.45, 2.75) is 0 Å². The van der Waals surface area contributed by atoms with Gasteiger partial charge in [0.05, 0.1) is 27.6 Å². The molecule has 3 heterocycles. The Morgan fingerprint density at radius 3 is 1.44 bits per heavy atom. The monoisotopic (exact) mass is 634 g/mol. The van der Waals surface area contributed by atoms with Crippen LogP contribution in [0.2, 0.25) is 0 Å². The highest BCUT2D eigenvalue weighted by Crippen LogP contribution is 2.44. The number of benzene rings is 8. The molecule has 0 saturated carbocycles. The molecule has 11 rings (SSSR count). The van der Waals surface area contributed by atoms with E-state index in [4.69, 9.17) is 0 Å². The second-order valence-electron chi connectivity index (χ2n) is 13.3. The van der Waals surface area contributed by atoms with E-state index in [9.17, 15) is 0 Å². The summed E-state index contributed by atoms with van der Waals surface area (Å²) in [5.41, 5.74) is 9.66. The summed E-state index contributed by atoms with van der Waals surface area (Å²) in [4.78, 5) is 0. The zero-order valence-corrected chi connectivity index (χ0v) is 27.2. The molecular formula is C48H30N2. The molecule has 0 amide bonds. The third-order valence-electron chi connectivity index (χ3n) is 10.7. The Kier molecular flexibility index (Phi) is 5.70. The average Bonchev–Trinajstić information content (AvgIpc) is 3.72. The van der Waals surface area contributed by atoms with Gasteiger partial charge in [0.15, 0.2) is 0 Å². The van der Waals surface area contributed by atoms with Crippen molar-refractivity contribution < 1.29 is 0 Å². The first-order valence-corrected chi connectivity index (χ1v) is 17.3. The molecule has 0 fully saturated rings. The van der Waals surface area contributed by atoms with E-state index in [1.54, 1.807) is 0 Å². The van der Waals surface area contributed by atoms with Gasteiger partial charge in [-0.2, -0.15) is 0 Å². The second kappa shape index (κ2) is 10.4. The van der Waals surface area contributed by atoms with Crippen LogP contribution >= 0.6 is 0 Å². The maximum absolute atomic E-state index is 2.54. The lowest BCUT2D eigenvalue weighted by atomic mass is 10.0. The van der Waals surface area contributed by atoms with Crippen LogP contribution in [0.4, 0.5) is 0 Å². The molecule has 11 aromatic rings. The van der Waals surface area contributed by atoms with Crippen molar-refractivity contribution >= 4 is 81.4 Å². The van der Waals surface area contributed by atoms with Crippen molar-refractivity contribution in [2.24, 2.45) is 0 Å². The SMILES string of the molecule is c1ccc(-c2ccc(-n3c4ccccc4c4ccc5c(c6cccc7c8ccccc8c8ccccc8c8ccccc8n5c76)c43)cc2)cc1. The van der Waals surface area contributed by atoms with Gasteiger partial charge in [-0.1, -0.05) is 152 Å². The highest BCUT2D eigenvalue weighted by atomic mass is 15.0. The van der Waals surface area contributed by atoms with Crippen molar-refractivity contribution in [3.63, 3.8) is 0 Å². The van der Waals surface area contributed by atoms with E-state index in [0.29, 0.717) is 0 Å². The molecule has 3 aromatic heterocycles. The van der Waals surface area contributed by atoms with Gasteiger partial charge in [-0.3, -0.25) is 0 Å². The summed E-state index contributed by atoms with van der Waals surface area (Å²) in [6.07, 6.45) is 0. The molecule has 0 N–H and O–H groups in total. The summed E-state index contributed by atoms with van der Waals surface area (Å²) in [5.74, 6) is 0. The molecule has 0 aliphatic heterocycles. The van der Waals surface area contributed by atoms with Crippen LogP contribution in [0.25, 0.3) is 98.3 Å². The van der Waals surface area contributed by atoms with Crippen LogP contribution < -0.4 is 0 Å². The summed E-state index contributed by atoms with van der Waals surface area (Å²) in [5, 5.41) is 12.5. The molecule has 0 unspecified atom stereocenters. The Labute approximate surface area is 288 Å². The Bertz CT molecular complexity index is 3180. The van der Waals surface area contributed by atoms with Crippen LogP contribution in [0, 0.1) is 0 Å². The molecule has 232 valence electrons. The molecule has 0 aliphatic rings. The van der Waals surface area contributed by atoms with Gasteiger partial charge in [0, 0.05) is 38.0 Å². The lowest BCUT2D eigenvalue weighted by Crippen LogP contribution is -1.94. The molecule has 0 radical (unpaired) electrons. The fraction of sp³-hybridized carbons (Fsp3) is 0. The number of nitrogens with zero attached hydrogens (tertiary/aromatic N) is 2. The van der Waals surface area contributed by atoms with E-state index in [0.717, 1.165) is 5.69 Å². The van der Waals surface area contributed by atoms with Crippen molar-refractivity contribution in [1.29, 1.82) is 0 Å². The number of hydrogen-bond donors (Lipinski definition) is 0. The van der Waals surface area contributed by atoms with E-state index >= 15 is 0 Å². The number of rotatable bonds is 2. The molecule has 8 aromatic carbocycles. The molecule has 0 saturated heterocycles. The third kappa shape index (κ3) is 3.73. The summed E-state index contributed by atoms with van der Waals surface area (Å²) in [7, 11) is 0. The largest absolute Gasteiger partial charge is 0.309 e. The van der Waals surface area contributed by atoms with Crippen molar-refractivity contribution in [3.8, 4) is 16.8 Å². The number of para-hydroxylation sites is 3. The van der Waals surface area contributed by atoms with E-state index in [-0.39, 0.29) is 0 Å². The fourth-order valence-electron chi connectivity index (χ4n) is 8.58. The zero-order valence-electron chi connectivity index (χ0n) is 27.2. The van der Waals surface area contributed by atoms with Crippen molar-refractivity contribution in [1.82, 2.24) is 8.97 Å². The molecule has 0 atom stereocenters. The van der Waals surface area contributed by atoms with Gasteiger partial charge in [0.1, 0.15) is 0 Å². The molecule has 50 heavy (non-hydrogen) atoms. The van der Waals surface area contributed by atoms with E-state index in [1.165, 1.54) is 92.6 Å². The highest BCUT2D eigenvalue weighted by Gasteiger charge is 2.21. The molecular weight excluding hydrogens is 605 g/mol. The van der Waals surface area contributed by atoms with Crippen LogP contribution in [0.15, 0.2) is 182 Å². The van der Waals surface area contributed by atoms with Gasteiger partial charge >= 0.3 is 0 Å². The molecule has 2 heteroatoms. The summed E-state index contributed by atoms with van der Waals surface area (Å²) < 4.78 is 5.02. The maximum atomic E-state index is 2.54. The normalized spacial score (nSPS) is 12.0. The average molecular weight is 635 g/mol. The van der Waals surface area contributed by atoms with Gasteiger partial charge in [0.25, 0.3) is 0 Å². The zero-order chi connectivity index (χ0) is 32.8. The Morgan fingerprint density at radius 2 is 0.740 bits per heavy atom. The predicted molar refractivity (Wildman–Crippen MR) is 214 cm³/mol. The Hall–Kier alpha value is -6.64. The quantitative estimate of drug-likeness (QED) is 0.179. The lowest BCUT2D eigenvalue weighted by molar-refractivity contribution is 1.19. The van der Waals surface area contributed by atoms with Gasteiger partial charge < -0.3 is 8.97 Å². The first-order chi connectivity index (χ1) is 24.8. The fourth-order valence-corrected chi connectivity index (χ4v) is 8.58. The van der Waals surface area contributed by atoms with Crippen LogP contribution in [-0.4, -0.2) is 8.97 Å². The molecule has 0 spiro atoms.